The lowest BCUT2D eigenvalue weighted by molar-refractivity contribution is 0.629. The van der Waals surface area contributed by atoms with Gasteiger partial charge in [0.05, 0.1) is 17.9 Å². The molecular weight excluding hydrogens is 203 g/mol. The van der Waals surface area contributed by atoms with E-state index in [1.807, 2.05) is 25.1 Å². The quantitative estimate of drug-likeness (QED) is 0.852. The molecule has 0 saturated carbocycles. The second kappa shape index (κ2) is 4.75. The van der Waals surface area contributed by atoms with Gasteiger partial charge in [0.15, 0.2) is 0 Å². The van der Waals surface area contributed by atoms with Crippen molar-refractivity contribution in [1.82, 2.24) is 4.98 Å². The Morgan fingerprint density at radius 1 is 1.25 bits per heavy atom. The second-order valence-electron chi connectivity index (χ2n) is 3.66. The van der Waals surface area contributed by atoms with Gasteiger partial charge >= 0.3 is 0 Å². The van der Waals surface area contributed by atoms with Crippen molar-refractivity contribution in [3.8, 4) is 0 Å². The van der Waals surface area contributed by atoms with Crippen LogP contribution in [0.15, 0.2) is 42.6 Å². The number of pyridine rings is 1. The lowest BCUT2D eigenvalue weighted by atomic mass is 10.2. The molecule has 16 heavy (non-hydrogen) atoms. The third-order valence-corrected chi connectivity index (χ3v) is 2.31. The van der Waals surface area contributed by atoms with Crippen LogP contribution in [0.5, 0.6) is 0 Å². The summed E-state index contributed by atoms with van der Waals surface area (Å²) < 4.78 is 13.4. The Hall–Kier alpha value is -1.90. The van der Waals surface area contributed by atoms with Crippen molar-refractivity contribution in [2.75, 3.05) is 5.32 Å². The molecule has 1 aromatic carbocycles. The van der Waals surface area contributed by atoms with Crippen molar-refractivity contribution in [3.05, 3.63) is 59.7 Å². The highest BCUT2D eigenvalue weighted by Gasteiger charge is 2.01. The molecule has 0 aliphatic rings. The first kappa shape index (κ1) is 10.6. The topological polar surface area (TPSA) is 24.9 Å². The molecule has 0 amide bonds. The molecule has 0 saturated heterocycles. The van der Waals surface area contributed by atoms with Crippen LogP contribution in [-0.2, 0) is 6.54 Å². The van der Waals surface area contributed by atoms with E-state index in [4.69, 9.17) is 0 Å². The molecule has 0 radical (unpaired) electrons. The molecule has 2 aromatic rings. The Morgan fingerprint density at radius 2 is 2.12 bits per heavy atom. The maximum atomic E-state index is 13.4. The largest absolute Gasteiger partial charge is 0.377 e. The smallest absolute Gasteiger partial charge is 0.146 e. The number of benzene rings is 1. The standard InChI is InChI=1S/C13H13FN2/c1-10-5-6-12(14)13(8-10)16-9-11-4-2-3-7-15-11/h2-8,16H,9H2,1H3. The molecule has 82 valence electrons. The van der Waals surface area contributed by atoms with E-state index < -0.39 is 0 Å². The number of nitrogens with zero attached hydrogens (tertiary/aromatic N) is 1. The van der Waals surface area contributed by atoms with Gasteiger partial charge in [0.25, 0.3) is 0 Å². The zero-order valence-electron chi connectivity index (χ0n) is 9.07. The highest BCUT2D eigenvalue weighted by molar-refractivity contribution is 5.47. The van der Waals surface area contributed by atoms with Crippen molar-refractivity contribution in [1.29, 1.82) is 0 Å². The molecule has 0 aliphatic heterocycles. The average molecular weight is 216 g/mol. The fourth-order valence-corrected chi connectivity index (χ4v) is 1.46. The van der Waals surface area contributed by atoms with E-state index in [1.54, 1.807) is 18.3 Å². The Morgan fingerprint density at radius 3 is 2.88 bits per heavy atom. The molecule has 0 aliphatic carbocycles. The van der Waals surface area contributed by atoms with E-state index in [9.17, 15) is 4.39 Å². The van der Waals surface area contributed by atoms with Gasteiger partial charge in [-0.1, -0.05) is 12.1 Å². The van der Waals surface area contributed by atoms with Gasteiger partial charge in [-0.2, -0.15) is 0 Å². The van der Waals surface area contributed by atoms with Gasteiger partial charge in [-0.15, -0.1) is 0 Å². The summed E-state index contributed by atoms with van der Waals surface area (Å²) in [5, 5.41) is 3.03. The van der Waals surface area contributed by atoms with Gasteiger partial charge in [-0.05, 0) is 36.8 Å². The Balaban J connectivity index is 2.08. The predicted octanol–water partition coefficient (Wildman–Crippen LogP) is 3.14. The van der Waals surface area contributed by atoms with Crippen molar-refractivity contribution >= 4 is 5.69 Å². The Labute approximate surface area is 94.2 Å². The Bertz CT molecular complexity index is 469. The van der Waals surface area contributed by atoms with Gasteiger partial charge in [-0.25, -0.2) is 4.39 Å². The van der Waals surface area contributed by atoms with Gasteiger partial charge in [-0.3, -0.25) is 4.98 Å². The van der Waals surface area contributed by atoms with Crippen LogP contribution in [0.1, 0.15) is 11.3 Å². The van der Waals surface area contributed by atoms with E-state index in [-0.39, 0.29) is 5.82 Å². The molecule has 0 fully saturated rings. The summed E-state index contributed by atoms with van der Waals surface area (Å²) >= 11 is 0. The van der Waals surface area contributed by atoms with Gasteiger partial charge < -0.3 is 5.32 Å². The second-order valence-corrected chi connectivity index (χ2v) is 3.66. The fraction of sp³-hybridized carbons (Fsp3) is 0.154. The molecule has 1 N–H and O–H groups in total. The zero-order chi connectivity index (χ0) is 11.4. The molecule has 3 heteroatoms. The molecule has 0 unspecified atom stereocenters. The minimum absolute atomic E-state index is 0.235. The van der Waals surface area contributed by atoms with E-state index in [0.29, 0.717) is 12.2 Å². The van der Waals surface area contributed by atoms with Crippen molar-refractivity contribution in [2.24, 2.45) is 0 Å². The molecule has 0 atom stereocenters. The lowest BCUT2D eigenvalue weighted by Gasteiger charge is -2.07. The number of anilines is 1. The SMILES string of the molecule is Cc1ccc(F)c(NCc2ccccn2)c1. The third kappa shape index (κ3) is 2.57. The number of hydrogen-bond donors (Lipinski definition) is 1. The molecule has 1 heterocycles. The number of aromatic nitrogens is 1. The maximum Gasteiger partial charge on any atom is 0.146 e. The van der Waals surface area contributed by atoms with Crippen molar-refractivity contribution in [3.63, 3.8) is 0 Å². The first-order valence-corrected chi connectivity index (χ1v) is 5.15. The summed E-state index contributed by atoms with van der Waals surface area (Å²) in [5.41, 5.74) is 2.44. The van der Waals surface area contributed by atoms with E-state index >= 15 is 0 Å². The van der Waals surface area contributed by atoms with Gasteiger partial charge in [0.2, 0.25) is 0 Å². The van der Waals surface area contributed by atoms with Crippen LogP contribution >= 0.6 is 0 Å². The van der Waals surface area contributed by atoms with Crippen LogP contribution < -0.4 is 5.32 Å². The van der Waals surface area contributed by atoms with Gasteiger partial charge in [0.1, 0.15) is 5.82 Å². The highest BCUT2D eigenvalue weighted by atomic mass is 19.1. The van der Waals surface area contributed by atoms with Crippen LogP contribution in [-0.4, -0.2) is 4.98 Å². The number of hydrogen-bond acceptors (Lipinski definition) is 2. The summed E-state index contributed by atoms with van der Waals surface area (Å²) in [7, 11) is 0. The van der Waals surface area contributed by atoms with Crippen LogP contribution in [0.2, 0.25) is 0 Å². The van der Waals surface area contributed by atoms with Gasteiger partial charge in [0, 0.05) is 6.20 Å². The minimum atomic E-state index is -0.235. The highest BCUT2D eigenvalue weighted by Crippen LogP contribution is 2.16. The summed E-state index contributed by atoms with van der Waals surface area (Å²) in [6.45, 7) is 2.46. The number of halogens is 1. The summed E-state index contributed by atoms with van der Waals surface area (Å²) in [4.78, 5) is 4.16. The fourth-order valence-electron chi connectivity index (χ4n) is 1.46. The molecule has 1 aromatic heterocycles. The summed E-state index contributed by atoms with van der Waals surface area (Å²) in [5.74, 6) is -0.235. The predicted molar refractivity (Wildman–Crippen MR) is 62.7 cm³/mol. The molecular formula is C13H13FN2. The molecule has 0 spiro atoms. The molecule has 2 rings (SSSR count). The van der Waals surface area contributed by atoms with Crippen LogP contribution in [0.4, 0.5) is 10.1 Å². The van der Waals surface area contributed by atoms with E-state index in [2.05, 4.69) is 10.3 Å². The Kier molecular flexibility index (Phi) is 3.15. The van der Waals surface area contributed by atoms with Crippen LogP contribution in [0, 0.1) is 12.7 Å². The monoisotopic (exact) mass is 216 g/mol. The first-order chi connectivity index (χ1) is 7.75. The normalized spacial score (nSPS) is 10.1. The lowest BCUT2D eigenvalue weighted by Crippen LogP contribution is -2.03. The van der Waals surface area contributed by atoms with Crippen LogP contribution in [0.3, 0.4) is 0 Å². The van der Waals surface area contributed by atoms with Crippen molar-refractivity contribution in [2.45, 2.75) is 13.5 Å². The molecule has 0 bridgehead atoms. The summed E-state index contributed by atoms with van der Waals surface area (Å²) in [6, 6.07) is 10.7. The average Bonchev–Trinajstić information content (AvgIpc) is 2.32. The maximum absolute atomic E-state index is 13.4. The van der Waals surface area contributed by atoms with Crippen LogP contribution in [0.25, 0.3) is 0 Å². The third-order valence-electron chi connectivity index (χ3n) is 2.31. The first-order valence-electron chi connectivity index (χ1n) is 5.15. The number of rotatable bonds is 3. The van der Waals surface area contributed by atoms with Crippen molar-refractivity contribution < 1.29 is 4.39 Å². The minimum Gasteiger partial charge on any atom is -0.377 e. The molecule has 2 nitrogen and oxygen atoms in total. The van der Waals surface area contributed by atoms with E-state index in [1.165, 1.54) is 6.07 Å². The summed E-state index contributed by atoms with van der Waals surface area (Å²) in [6.07, 6.45) is 1.73. The zero-order valence-corrected chi connectivity index (χ0v) is 9.07. The number of nitrogens with one attached hydrogen (secondary N) is 1. The number of aryl methyl sites for hydroxylation is 1. The van der Waals surface area contributed by atoms with E-state index in [0.717, 1.165) is 11.3 Å².